The van der Waals surface area contributed by atoms with Gasteiger partial charge in [0, 0.05) is 38.1 Å². The standard InChI is InChI=1S/C18H27N3O3S/c1-13-3-4-17(14(2)11-13)25(23,24)21-9-5-15(6-10-21)18(22)20-8-7-16(19)12-20/h3-4,11,15-16H,5-10,12,19H2,1-2H3/t16-/m1/s1. The van der Waals surface area contributed by atoms with Gasteiger partial charge in [0.2, 0.25) is 15.9 Å². The van der Waals surface area contributed by atoms with Gasteiger partial charge < -0.3 is 10.6 Å². The van der Waals surface area contributed by atoms with E-state index in [1.807, 2.05) is 30.9 Å². The molecule has 2 fully saturated rings. The molecule has 1 atom stereocenters. The fourth-order valence-electron chi connectivity index (χ4n) is 3.82. The van der Waals surface area contributed by atoms with Gasteiger partial charge in [-0.25, -0.2) is 8.42 Å². The molecule has 0 bridgehead atoms. The number of nitrogens with two attached hydrogens (primary N) is 1. The highest BCUT2D eigenvalue weighted by Gasteiger charge is 2.35. The van der Waals surface area contributed by atoms with Crippen LogP contribution in [0.3, 0.4) is 0 Å². The maximum Gasteiger partial charge on any atom is 0.243 e. The van der Waals surface area contributed by atoms with E-state index < -0.39 is 10.0 Å². The zero-order chi connectivity index (χ0) is 18.2. The molecule has 0 aromatic heterocycles. The second-order valence-electron chi connectivity index (χ2n) is 7.28. The average Bonchev–Trinajstić information content (AvgIpc) is 3.00. The number of sulfonamides is 1. The number of hydrogen-bond acceptors (Lipinski definition) is 4. The Kier molecular flexibility index (Phi) is 5.18. The number of hydrogen-bond donors (Lipinski definition) is 1. The summed E-state index contributed by atoms with van der Waals surface area (Å²) in [5, 5.41) is 0. The number of carbonyl (C=O) groups excluding carboxylic acids is 1. The Balaban J connectivity index is 1.66. The minimum Gasteiger partial charge on any atom is -0.341 e. The van der Waals surface area contributed by atoms with Crippen LogP contribution in [0.2, 0.25) is 0 Å². The first-order chi connectivity index (χ1) is 11.8. The third-order valence-electron chi connectivity index (χ3n) is 5.29. The largest absolute Gasteiger partial charge is 0.341 e. The number of aryl methyl sites for hydroxylation is 2. The molecule has 138 valence electrons. The molecule has 3 rings (SSSR count). The summed E-state index contributed by atoms with van der Waals surface area (Å²) in [6.45, 7) is 5.91. The maximum absolute atomic E-state index is 12.9. The first-order valence-corrected chi connectivity index (χ1v) is 10.3. The van der Waals surface area contributed by atoms with Crippen LogP contribution in [0.4, 0.5) is 0 Å². The maximum atomic E-state index is 12.9. The lowest BCUT2D eigenvalue weighted by atomic mass is 9.97. The summed E-state index contributed by atoms with van der Waals surface area (Å²) in [7, 11) is -3.50. The molecule has 1 aromatic carbocycles. The van der Waals surface area contributed by atoms with Crippen molar-refractivity contribution in [3.05, 3.63) is 29.3 Å². The van der Waals surface area contributed by atoms with Crippen molar-refractivity contribution in [2.24, 2.45) is 11.7 Å². The van der Waals surface area contributed by atoms with Gasteiger partial charge in [-0.15, -0.1) is 0 Å². The molecule has 0 unspecified atom stereocenters. The molecule has 25 heavy (non-hydrogen) atoms. The van der Waals surface area contributed by atoms with Crippen LogP contribution < -0.4 is 5.73 Å². The van der Waals surface area contributed by atoms with Crippen LogP contribution in [0.5, 0.6) is 0 Å². The van der Waals surface area contributed by atoms with Gasteiger partial charge in [0.25, 0.3) is 0 Å². The summed E-state index contributed by atoms with van der Waals surface area (Å²) in [5.41, 5.74) is 7.69. The van der Waals surface area contributed by atoms with Crippen molar-refractivity contribution in [3.8, 4) is 0 Å². The summed E-state index contributed by atoms with van der Waals surface area (Å²) >= 11 is 0. The summed E-state index contributed by atoms with van der Waals surface area (Å²) in [5.74, 6) is 0.0485. The third-order valence-corrected chi connectivity index (χ3v) is 7.35. The third kappa shape index (κ3) is 3.73. The number of carbonyl (C=O) groups is 1. The van der Waals surface area contributed by atoms with Gasteiger partial charge in [0.1, 0.15) is 0 Å². The molecule has 2 aliphatic rings. The molecule has 2 aliphatic heterocycles. The molecule has 2 saturated heterocycles. The molecular formula is C18H27N3O3S. The van der Waals surface area contributed by atoms with Crippen molar-refractivity contribution in [2.75, 3.05) is 26.2 Å². The van der Waals surface area contributed by atoms with Crippen LogP contribution in [-0.2, 0) is 14.8 Å². The van der Waals surface area contributed by atoms with E-state index in [1.165, 1.54) is 4.31 Å². The highest BCUT2D eigenvalue weighted by atomic mass is 32.2. The lowest BCUT2D eigenvalue weighted by Crippen LogP contribution is -2.44. The van der Waals surface area contributed by atoms with Gasteiger partial charge in [-0.2, -0.15) is 4.31 Å². The molecule has 2 heterocycles. The number of nitrogens with zero attached hydrogens (tertiary/aromatic N) is 2. The molecule has 1 aromatic rings. The first-order valence-electron chi connectivity index (χ1n) is 8.91. The van der Waals surface area contributed by atoms with Gasteiger partial charge in [0.15, 0.2) is 0 Å². The van der Waals surface area contributed by atoms with Gasteiger partial charge in [-0.05, 0) is 44.7 Å². The molecular weight excluding hydrogens is 338 g/mol. The fraction of sp³-hybridized carbons (Fsp3) is 0.611. The van der Waals surface area contributed by atoms with E-state index in [2.05, 4.69) is 0 Å². The Morgan fingerprint density at radius 2 is 1.80 bits per heavy atom. The Morgan fingerprint density at radius 1 is 1.12 bits per heavy atom. The Morgan fingerprint density at radius 3 is 2.36 bits per heavy atom. The SMILES string of the molecule is Cc1ccc(S(=O)(=O)N2CCC(C(=O)N3CC[C@@H](N)C3)CC2)c(C)c1. The Bertz CT molecular complexity index is 755. The smallest absolute Gasteiger partial charge is 0.243 e. The van der Waals surface area contributed by atoms with E-state index in [9.17, 15) is 13.2 Å². The molecule has 6 nitrogen and oxygen atoms in total. The van der Waals surface area contributed by atoms with E-state index in [-0.39, 0.29) is 17.9 Å². The molecule has 0 aliphatic carbocycles. The molecule has 0 spiro atoms. The topological polar surface area (TPSA) is 83.7 Å². The fourth-order valence-corrected chi connectivity index (χ4v) is 5.49. The minimum atomic E-state index is -3.50. The predicted octanol–water partition coefficient (Wildman–Crippen LogP) is 1.26. The van der Waals surface area contributed by atoms with Gasteiger partial charge in [-0.3, -0.25) is 4.79 Å². The summed E-state index contributed by atoms with van der Waals surface area (Å²) < 4.78 is 27.3. The van der Waals surface area contributed by atoms with Gasteiger partial charge in [0.05, 0.1) is 4.90 Å². The molecule has 0 saturated carbocycles. The minimum absolute atomic E-state index is 0.0777. The zero-order valence-electron chi connectivity index (χ0n) is 14.9. The Hall–Kier alpha value is -1.44. The number of rotatable bonds is 3. The monoisotopic (exact) mass is 365 g/mol. The van der Waals surface area contributed by atoms with E-state index in [1.54, 1.807) is 6.07 Å². The summed E-state index contributed by atoms with van der Waals surface area (Å²) in [4.78, 5) is 14.8. The Labute approximate surface area is 150 Å². The van der Waals surface area contributed by atoms with E-state index in [0.717, 1.165) is 24.1 Å². The predicted molar refractivity (Wildman–Crippen MR) is 96.6 cm³/mol. The zero-order valence-corrected chi connectivity index (χ0v) is 15.8. The number of likely N-dealkylation sites (tertiary alicyclic amines) is 1. The van der Waals surface area contributed by atoms with Crippen molar-refractivity contribution in [1.29, 1.82) is 0 Å². The van der Waals surface area contributed by atoms with Crippen molar-refractivity contribution in [1.82, 2.24) is 9.21 Å². The van der Waals surface area contributed by atoms with Crippen LogP contribution in [0, 0.1) is 19.8 Å². The van der Waals surface area contributed by atoms with Crippen LogP contribution in [-0.4, -0.2) is 55.8 Å². The van der Waals surface area contributed by atoms with Crippen molar-refractivity contribution >= 4 is 15.9 Å². The molecule has 0 radical (unpaired) electrons. The van der Waals surface area contributed by atoms with Crippen LogP contribution in [0.1, 0.15) is 30.4 Å². The summed E-state index contributed by atoms with van der Waals surface area (Å²) in [6.07, 6.45) is 2.01. The molecule has 1 amide bonds. The normalized spacial score (nSPS) is 23.2. The van der Waals surface area contributed by atoms with Crippen molar-refractivity contribution in [2.45, 2.75) is 44.0 Å². The van der Waals surface area contributed by atoms with Crippen LogP contribution >= 0.6 is 0 Å². The molecule has 2 N–H and O–H groups in total. The van der Waals surface area contributed by atoms with Crippen LogP contribution in [0.15, 0.2) is 23.1 Å². The molecule has 7 heteroatoms. The average molecular weight is 365 g/mol. The highest BCUT2D eigenvalue weighted by molar-refractivity contribution is 7.89. The number of benzene rings is 1. The van der Waals surface area contributed by atoms with E-state index >= 15 is 0 Å². The number of amides is 1. The second kappa shape index (κ2) is 7.05. The lowest BCUT2D eigenvalue weighted by molar-refractivity contribution is -0.135. The van der Waals surface area contributed by atoms with Gasteiger partial charge >= 0.3 is 0 Å². The van der Waals surface area contributed by atoms with Gasteiger partial charge in [-0.1, -0.05) is 17.7 Å². The second-order valence-corrected chi connectivity index (χ2v) is 9.19. The highest BCUT2D eigenvalue weighted by Crippen LogP contribution is 2.27. The lowest BCUT2D eigenvalue weighted by Gasteiger charge is -2.32. The summed E-state index contributed by atoms with van der Waals surface area (Å²) in [6, 6.07) is 5.48. The van der Waals surface area contributed by atoms with Crippen molar-refractivity contribution < 1.29 is 13.2 Å². The first kappa shape index (κ1) is 18.4. The van der Waals surface area contributed by atoms with Crippen molar-refractivity contribution in [3.63, 3.8) is 0 Å². The van der Waals surface area contributed by atoms with Crippen LogP contribution in [0.25, 0.3) is 0 Å². The van der Waals surface area contributed by atoms with E-state index in [4.69, 9.17) is 5.73 Å². The van der Waals surface area contributed by atoms with E-state index in [0.29, 0.717) is 37.4 Å². The number of piperidine rings is 1. The quantitative estimate of drug-likeness (QED) is 0.874.